The molecule has 0 radical (unpaired) electrons. The monoisotopic (exact) mass is 204 g/mol. The third-order valence-electron chi connectivity index (χ3n) is 2.44. The minimum absolute atomic E-state index is 0.0976. The highest BCUT2D eigenvalue weighted by atomic mass is 15.2. The molecule has 4 nitrogen and oxygen atoms in total. The van der Waals surface area contributed by atoms with Crippen molar-refractivity contribution in [2.45, 2.75) is 33.2 Å². The molecule has 0 spiro atoms. The third-order valence-corrected chi connectivity index (χ3v) is 2.44. The van der Waals surface area contributed by atoms with E-state index in [9.17, 15) is 0 Å². The Labute approximate surface area is 89.1 Å². The average molecular weight is 204 g/mol. The van der Waals surface area contributed by atoms with Crippen LogP contribution in [0.3, 0.4) is 0 Å². The van der Waals surface area contributed by atoms with Crippen molar-refractivity contribution in [1.29, 1.82) is 0 Å². The summed E-state index contributed by atoms with van der Waals surface area (Å²) in [5.74, 6) is 0.527. The van der Waals surface area contributed by atoms with E-state index < -0.39 is 0 Å². The Morgan fingerprint density at radius 2 is 2.00 bits per heavy atom. The molecule has 80 valence electrons. The molecule has 0 aliphatic rings. The first kappa shape index (κ1) is 9.96. The smallest absolute Gasteiger partial charge is 0.202 e. The molecule has 15 heavy (non-hydrogen) atoms. The first-order chi connectivity index (χ1) is 6.91. The summed E-state index contributed by atoms with van der Waals surface area (Å²) in [5, 5.41) is 0. The number of rotatable bonds is 0. The number of imidazole rings is 1. The van der Waals surface area contributed by atoms with E-state index in [0.717, 1.165) is 16.7 Å². The molecule has 2 aromatic rings. The van der Waals surface area contributed by atoms with Gasteiger partial charge in [-0.1, -0.05) is 0 Å². The summed E-state index contributed by atoms with van der Waals surface area (Å²) in [6.07, 6.45) is 1.79. The topological polar surface area (TPSA) is 56.7 Å². The summed E-state index contributed by atoms with van der Waals surface area (Å²) in [6.45, 7) is 8.29. The van der Waals surface area contributed by atoms with Crippen molar-refractivity contribution in [3.8, 4) is 0 Å². The molecule has 4 heteroatoms. The van der Waals surface area contributed by atoms with E-state index >= 15 is 0 Å². The maximum Gasteiger partial charge on any atom is 0.202 e. The first-order valence-electron chi connectivity index (χ1n) is 5.01. The molecule has 0 fully saturated rings. The van der Waals surface area contributed by atoms with Gasteiger partial charge in [-0.3, -0.25) is 4.57 Å². The minimum atomic E-state index is -0.0976. The number of pyridine rings is 1. The Kier molecular flexibility index (Phi) is 1.96. The van der Waals surface area contributed by atoms with Gasteiger partial charge < -0.3 is 5.73 Å². The SMILES string of the molecule is Cc1ccnc2c1nc(N)n2C(C)(C)C. The highest BCUT2D eigenvalue weighted by Crippen LogP contribution is 2.26. The predicted molar refractivity (Wildman–Crippen MR) is 61.7 cm³/mol. The largest absolute Gasteiger partial charge is 0.369 e. The fourth-order valence-electron chi connectivity index (χ4n) is 1.77. The number of aromatic nitrogens is 3. The molecule has 0 bridgehead atoms. The van der Waals surface area contributed by atoms with E-state index in [0.29, 0.717) is 5.95 Å². The van der Waals surface area contributed by atoms with Gasteiger partial charge in [-0.05, 0) is 39.3 Å². The van der Waals surface area contributed by atoms with Gasteiger partial charge in [-0.25, -0.2) is 9.97 Å². The normalized spacial score (nSPS) is 12.3. The Bertz CT molecular complexity index is 505. The molecule has 2 heterocycles. The van der Waals surface area contributed by atoms with Crippen LogP contribution < -0.4 is 5.73 Å². The molecular formula is C11H16N4. The second kappa shape index (κ2) is 2.95. The number of hydrogen-bond acceptors (Lipinski definition) is 3. The Morgan fingerprint density at radius 1 is 1.33 bits per heavy atom. The highest BCUT2D eigenvalue weighted by Gasteiger charge is 2.21. The quantitative estimate of drug-likeness (QED) is 0.714. The van der Waals surface area contributed by atoms with Crippen LogP contribution in [0.25, 0.3) is 11.2 Å². The van der Waals surface area contributed by atoms with Gasteiger partial charge in [0.1, 0.15) is 5.52 Å². The van der Waals surface area contributed by atoms with Gasteiger partial charge in [-0.2, -0.15) is 0 Å². The van der Waals surface area contributed by atoms with Crippen molar-refractivity contribution >= 4 is 17.1 Å². The number of hydrogen-bond donors (Lipinski definition) is 1. The summed E-state index contributed by atoms with van der Waals surface area (Å²) < 4.78 is 1.97. The van der Waals surface area contributed by atoms with Gasteiger partial charge in [0.15, 0.2) is 5.65 Å². The van der Waals surface area contributed by atoms with Gasteiger partial charge in [0.2, 0.25) is 5.95 Å². The van der Waals surface area contributed by atoms with Gasteiger partial charge in [0.05, 0.1) is 0 Å². The Morgan fingerprint density at radius 3 is 2.60 bits per heavy atom. The van der Waals surface area contributed by atoms with Crippen molar-refractivity contribution in [3.63, 3.8) is 0 Å². The molecule has 0 amide bonds. The fourth-order valence-corrected chi connectivity index (χ4v) is 1.77. The minimum Gasteiger partial charge on any atom is -0.369 e. The zero-order valence-corrected chi connectivity index (χ0v) is 9.57. The van der Waals surface area contributed by atoms with Crippen LogP contribution in [0.5, 0.6) is 0 Å². The van der Waals surface area contributed by atoms with Crippen molar-refractivity contribution in [2.75, 3.05) is 5.73 Å². The molecular weight excluding hydrogens is 188 g/mol. The number of nitrogens with two attached hydrogens (primary N) is 1. The maximum atomic E-state index is 5.92. The molecule has 0 aliphatic heterocycles. The lowest BCUT2D eigenvalue weighted by Gasteiger charge is -2.22. The number of anilines is 1. The summed E-state index contributed by atoms with van der Waals surface area (Å²) in [4.78, 5) is 8.71. The zero-order chi connectivity index (χ0) is 11.2. The van der Waals surface area contributed by atoms with Gasteiger partial charge in [0, 0.05) is 11.7 Å². The van der Waals surface area contributed by atoms with Crippen LogP contribution in [0.4, 0.5) is 5.95 Å². The van der Waals surface area contributed by atoms with E-state index in [2.05, 4.69) is 30.7 Å². The molecule has 0 aromatic carbocycles. The van der Waals surface area contributed by atoms with Gasteiger partial charge in [0.25, 0.3) is 0 Å². The molecule has 0 aliphatic carbocycles. The summed E-state index contributed by atoms with van der Waals surface area (Å²) in [5.41, 5.74) is 8.68. The summed E-state index contributed by atoms with van der Waals surface area (Å²) in [7, 11) is 0. The van der Waals surface area contributed by atoms with Crippen molar-refractivity contribution in [1.82, 2.24) is 14.5 Å². The van der Waals surface area contributed by atoms with E-state index in [1.54, 1.807) is 6.20 Å². The van der Waals surface area contributed by atoms with Crippen LogP contribution in [0.2, 0.25) is 0 Å². The standard InChI is InChI=1S/C11H16N4/c1-7-5-6-13-9-8(7)14-10(12)15(9)11(2,3)4/h5-6H,1-4H3,(H2,12,14). The van der Waals surface area contributed by atoms with E-state index in [1.165, 1.54) is 0 Å². The highest BCUT2D eigenvalue weighted by molar-refractivity contribution is 5.77. The number of fused-ring (bicyclic) bond motifs is 1. The fraction of sp³-hybridized carbons (Fsp3) is 0.455. The van der Waals surface area contributed by atoms with Gasteiger partial charge in [-0.15, -0.1) is 0 Å². The third kappa shape index (κ3) is 1.46. The van der Waals surface area contributed by atoms with Crippen LogP contribution >= 0.6 is 0 Å². The van der Waals surface area contributed by atoms with Crippen molar-refractivity contribution in [2.24, 2.45) is 0 Å². The van der Waals surface area contributed by atoms with Crippen molar-refractivity contribution in [3.05, 3.63) is 17.8 Å². The summed E-state index contributed by atoms with van der Waals surface area (Å²) >= 11 is 0. The Balaban J connectivity index is 2.86. The second-order valence-electron chi connectivity index (χ2n) is 4.78. The molecule has 0 atom stereocenters. The molecule has 0 unspecified atom stereocenters. The van der Waals surface area contributed by atoms with Crippen LogP contribution in [0, 0.1) is 6.92 Å². The van der Waals surface area contributed by atoms with E-state index in [1.807, 2.05) is 17.6 Å². The van der Waals surface area contributed by atoms with E-state index in [-0.39, 0.29) is 5.54 Å². The molecule has 0 saturated heterocycles. The van der Waals surface area contributed by atoms with Crippen LogP contribution in [0.1, 0.15) is 26.3 Å². The molecule has 0 saturated carbocycles. The molecule has 2 aromatic heterocycles. The van der Waals surface area contributed by atoms with Crippen LogP contribution in [-0.4, -0.2) is 14.5 Å². The van der Waals surface area contributed by atoms with E-state index in [4.69, 9.17) is 5.73 Å². The Hall–Kier alpha value is -1.58. The maximum absolute atomic E-state index is 5.92. The zero-order valence-electron chi connectivity index (χ0n) is 9.57. The van der Waals surface area contributed by atoms with Crippen LogP contribution in [-0.2, 0) is 5.54 Å². The average Bonchev–Trinajstić information content (AvgIpc) is 2.41. The van der Waals surface area contributed by atoms with Gasteiger partial charge >= 0.3 is 0 Å². The second-order valence-corrected chi connectivity index (χ2v) is 4.78. The number of aryl methyl sites for hydroxylation is 1. The lowest BCUT2D eigenvalue weighted by Crippen LogP contribution is -2.23. The predicted octanol–water partition coefficient (Wildman–Crippen LogP) is 2.08. The molecule has 2 rings (SSSR count). The summed E-state index contributed by atoms with van der Waals surface area (Å²) in [6, 6.07) is 1.95. The first-order valence-corrected chi connectivity index (χ1v) is 5.01. The molecule has 2 N–H and O–H groups in total. The number of nitrogens with zero attached hydrogens (tertiary/aromatic N) is 3. The lowest BCUT2D eigenvalue weighted by molar-refractivity contribution is 0.412. The van der Waals surface area contributed by atoms with Crippen molar-refractivity contribution < 1.29 is 0 Å². The lowest BCUT2D eigenvalue weighted by atomic mass is 10.1. The number of nitrogen functional groups attached to an aromatic ring is 1. The van der Waals surface area contributed by atoms with Crippen LogP contribution in [0.15, 0.2) is 12.3 Å².